The molecule has 1 aliphatic rings. The average Bonchev–Trinajstić information content (AvgIpc) is 2.44. The molecule has 0 saturated heterocycles. The number of carbonyl (C=O) groups excluding carboxylic acids is 1. The Labute approximate surface area is 77.2 Å². The first-order valence-electron chi connectivity index (χ1n) is 4.46. The lowest BCUT2D eigenvalue weighted by Gasteiger charge is -2.08. The summed E-state index contributed by atoms with van der Waals surface area (Å²) < 4.78 is 0. The van der Waals surface area contributed by atoms with Crippen molar-refractivity contribution >= 4 is 5.78 Å². The van der Waals surface area contributed by atoms with Crippen molar-refractivity contribution in [3.8, 4) is 5.75 Å². The SMILES string of the molecule is Cc1cc(O)c2c(c1C)C(=O)CC2. The minimum absolute atomic E-state index is 0.173. The summed E-state index contributed by atoms with van der Waals surface area (Å²) in [6, 6.07) is 1.74. The number of phenolic OH excluding ortho intramolecular Hbond substituents is 1. The molecular weight excluding hydrogens is 164 g/mol. The quantitative estimate of drug-likeness (QED) is 0.657. The third-order valence-corrected chi connectivity index (χ3v) is 2.81. The summed E-state index contributed by atoms with van der Waals surface area (Å²) in [6.45, 7) is 3.86. The Bertz CT molecular complexity index is 392. The minimum Gasteiger partial charge on any atom is -0.508 e. The van der Waals surface area contributed by atoms with Crippen molar-refractivity contribution in [1.82, 2.24) is 0 Å². The fourth-order valence-electron chi connectivity index (χ4n) is 1.95. The third-order valence-electron chi connectivity index (χ3n) is 2.81. The van der Waals surface area contributed by atoms with Crippen LogP contribution in [0, 0.1) is 13.8 Å². The fourth-order valence-corrected chi connectivity index (χ4v) is 1.95. The Morgan fingerprint density at radius 1 is 1.31 bits per heavy atom. The van der Waals surface area contributed by atoms with Crippen molar-refractivity contribution in [3.63, 3.8) is 0 Å². The van der Waals surface area contributed by atoms with E-state index in [4.69, 9.17) is 0 Å². The number of aromatic hydroxyl groups is 1. The third kappa shape index (κ3) is 1.05. The van der Waals surface area contributed by atoms with Crippen LogP contribution in [-0.4, -0.2) is 10.9 Å². The highest BCUT2D eigenvalue weighted by Gasteiger charge is 2.25. The van der Waals surface area contributed by atoms with Crippen LogP contribution in [0.15, 0.2) is 6.07 Å². The first-order chi connectivity index (χ1) is 6.11. The topological polar surface area (TPSA) is 37.3 Å². The molecule has 0 unspecified atom stereocenters. The maximum absolute atomic E-state index is 11.5. The van der Waals surface area contributed by atoms with E-state index in [9.17, 15) is 9.90 Å². The molecule has 0 atom stereocenters. The second kappa shape index (κ2) is 2.59. The molecule has 68 valence electrons. The van der Waals surface area contributed by atoms with Crippen molar-refractivity contribution in [2.24, 2.45) is 0 Å². The Morgan fingerprint density at radius 2 is 2.00 bits per heavy atom. The van der Waals surface area contributed by atoms with Crippen molar-refractivity contribution in [1.29, 1.82) is 0 Å². The van der Waals surface area contributed by atoms with Crippen molar-refractivity contribution in [2.75, 3.05) is 0 Å². The van der Waals surface area contributed by atoms with E-state index in [1.165, 1.54) is 0 Å². The first kappa shape index (κ1) is 8.30. The molecule has 1 N–H and O–H groups in total. The molecular formula is C11H12O2. The highest BCUT2D eigenvalue weighted by Crippen LogP contribution is 2.33. The van der Waals surface area contributed by atoms with Crippen molar-refractivity contribution in [3.05, 3.63) is 28.3 Å². The summed E-state index contributed by atoms with van der Waals surface area (Å²) in [6.07, 6.45) is 1.24. The second-order valence-electron chi connectivity index (χ2n) is 3.61. The van der Waals surface area contributed by atoms with E-state index in [1.807, 2.05) is 13.8 Å². The number of rotatable bonds is 0. The van der Waals surface area contributed by atoms with Gasteiger partial charge >= 0.3 is 0 Å². The normalized spacial score (nSPS) is 14.8. The molecule has 0 radical (unpaired) electrons. The molecule has 1 aromatic rings. The predicted molar refractivity (Wildman–Crippen MR) is 50.2 cm³/mol. The zero-order chi connectivity index (χ0) is 9.59. The van der Waals surface area contributed by atoms with Crippen LogP contribution in [0.25, 0.3) is 0 Å². The lowest BCUT2D eigenvalue weighted by atomic mass is 9.98. The van der Waals surface area contributed by atoms with E-state index in [0.29, 0.717) is 12.8 Å². The van der Waals surface area contributed by atoms with Gasteiger partial charge in [0.2, 0.25) is 0 Å². The van der Waals surface area contributed by atoms with Crippen LogP contribution in [-0.2, 0) is 6.42 Å². The zero-order valence-corrected chi connectivity index (χ0v) is 7.85. The Morgan fingerprint density at radius 3 is 2.69 bits per heavy atom. The Balaban J connectivity index is 2.77. The number of aryl methyl sites for hydroxylation is 1. The highest BCUT2D eigenvalue weighted by molar-refractivity contribution is 6.02. The van der Waals surface area contributed by atoms with Crippen molar-refractivity contribution in [2.45, 2.75) is 26.7 Å². The van der Waals surface area contributed by atoms with Crippen LogP contribution < -0.4 is 0 Å². The van der Waals surface area contributed by atoms with Crippen LogP contribution in [0.2, 0.25) is 0 Å². The molecule has 1 aromatic carbocycles. The summed E-state index contributed by atoms with van der Waals surface area (Å²) in [7, 11) is 0. The smallest absolute Gasteiger partial charge is 0.163 e. The van der Waals surface area contributed by atoms with Crippen LogP contribution >= 0.6 is 0 Å². The molecule has 1 aliphatic carbocycles. The maximum atomic E-state index is 11.5. The fraction of sp³-hybridized carbons (Fsp3) is 0.364. The van der Waals surface area contributed by atoms with E-state index >= 15 is 0 Å². The molecule has 0 spiro atoms. The number of Topliss-reactive ketones (excluding diaryl/α,β-unsaturated/α-hetero) is 1. The van der Waals surface area contributed by atoms with E-state index < -0.39 is 0 Å². The van der Waals surface area contributed by atoms with Crippen LogP contribution in [0.3, 0.4) is 0 Å². The average molecular weight is 176 g/mol. The van der Waals surface area contributed by atoms with E-state index in [1.54, 1.807) is 6.07 Å². The van der Waals surface area contributed by atoms with Gasteiger partial charge < -0.3 is 5.11 Å². The van der Waals surface area contributed by atoms with Gasteiger partial charge in [-0.05, 0) is 37.5 Å². The van der Waals surface area contributed by atoms with Crippen LogP contribution in [0.1, 0.15) is 33.5 Å². The molecule has 0 amide bonds. The monoisotopic (exact) mass is 176 g/mol. The molecule has 2 rings (SSSR count). The van der Waals surface area contributed by atoms with Gasteiger partial charge in [-0.15, -0.1) is 0 Å². The maximum Gasteiger partial charge on any atom is 0.163 e. The molecule has 2 nitrogen and oxygen atoms in total. The number of phenols is 1. The van der Waals surface area contributed by atoms with Gasteiger partial charge in [-0.2, -0.15) is 0 Å². The summed E-state index contributed by atoms with van der Waals surface area (Å²) >= 11 is 0. The number of carbonyl (C=O) groups is 1. The second-order valence-corrected chi connectivity index (χ2v) is 3.61. The number of hydrogen-bond donors (Lipinski definition) is 1. The molecule has 0 aromatic heterocycles. The van der Waals surface area contributed by atoms with Gasteiger partial charge in [0, 0.05) is 17.5 Å². The lowest BCUT2D eigenvalue weighted by molar-refractivity contribution is 0.0994. The standard InChI is InChI=1S/C11H12O2/c1-6-5-10(13)8-3-4-9(12)11(8)7(6)2/h5,13H,3-4H2,1-2H3. The molecule has 0 saturated carbocycles. The van der Waals surface area contributed by atoms with Crippen LogP contribution in [0.5, 0.6) is 5.75 Å². The zero-order valence-electron chi connectivity index (χ0n) is 7.85. The van der Waals surface area contributed by atoms with E-state index in [0.717, 1.165) is 22.3 Å². The molecule has 0 aliphatic heterocycles. The molecule has 0 fully saturated rings. The minimum atomic E-state index is 0.173. The highest BCUT2D eigenvalue weighted by atomic mass is 16.3. The van der Waals surface area contributed by atoms with Gasteiger partial charge in [0.25, 0.3) is 0 Å². The van der Waals surface area contributed by atoms with Gasteiger partial charge in [-0.3, -0.25) is 4.79 Å². The lowest BCUT2D eigenvalue weighted by Crippen LogP contribution is -1.97. The number of fused-ring (bicyclic) bond motifs is 1. The number of benzene rings is 1. The van der Waals surface area contributed by atoms with E-state index in [2.05, 4.69) is 0 Å². The van der Waals surface area contributed by atoms with Gasteiger partial charge in [0.1, 0.15) is 5.75 Å². The molecule has 2 heteroatoms. The number of hydrogen-bond acceptors (Lipinski definition) is 2. The van der Waals surface area contributed by atoms with Gasteiger partial charge in [0.15, 0.2) is 5.78 Å². The summed E-state index contributed by atoms with van der Waals surface area (Å²) in [4.78, 5) is 11.5. The van der Waals surface area contributed by atoms with E-state index in [-0.39, 0.29) is 11.5 Å². The predicted octanol–water partition coefficient (Wildman–Crippen LogP) is 2.14. The first-order valence-corrected chi connectivity index (χ1v) is 4.46. The summed E-state index contributed by atoms with van der Waals surface area (Å²) in [5, 5.41) is 9.60. The molecule has 0 bridgehead atoms. The molecule has 0 heterocycles. The number of ketones is 1. The van der Waals surface area contributed by atoms with Gasteiger partial charge in [-0.1, -0.05) is 0 Å². The van der Waals surface area contributed by atoms with Crippen molar-refractivity contribution < 1.29 is 9.90 Å². The molecule has 13 heavy (non-hydrogen) atoms. The van der Waals surface area contributed by atoms with Gasteiger partial charge in [0.05, 0.1) is 0 Å². The van der Waals surface area contributed by atoms with Crippen LogP contribution in [0.4, 0.5) is 0 Å². The Kier molecular flexibility index (Phi) is 1.65. The largest absolute Gasteiger partial charge is 0.508 e. The Hall–Kier alpha value is -1.31. The summed E-state index contributed by atoms with van der Waals surface area (Å²) in [5.41, 5.74) is 3.62. The summed E-state index contributed by atoms with van der Waals surface area (Å²) in [5.74, 6) is 0.454. The van der Waals surface area contributed by atoms with Gasteiger partial charge in [-0.25, -0.2) is 0 Å².